The van der Waals surface area contributed by atoms with Crippen molar-refractivity contribution in [3.63, 3.8) is 0 Å². The molecular formula is C21H31NO8S. The highest BCUT2D eigenvalue weighted by molar-refractivity contribution is 7.86. The van der Waals surface area contributed by atoms with Gasteiger partial charge in [0, 0.05) is 0 Å². The molecule has 2 unspecified atom stereocenters. The van der Waals surface area contributed by atoms with Gasteiger partial charge in [-0.3, -0.25) is 4.18 Å². The van der Waals surface area contributed by atoms with E-state index in [-0.39, 0.29) is 18.1 Å². The van der Waals surface area contributed by atoms with Crippen LogP contribution in [-0.4, -0.2) is 56.5 Å². The van der Waals surface area contributed by atoms with Gasteiger partial charge in [-0.15, -0.1) is 0 Å². The Kier molecular flexibility index (Phi) is 7.09. The summed E-state index contributed by atoms with van der Waals surface area (Å²) in [5.41, 5.74) is -2.78. The van der Waals surface area contributed by atoms with Gasteiger partial charge in [0.15, 0.2) is 5.54 Å². The fourth-order valence-electron chi connectivity index (χ4n) is 2.80. The number of amides is 1. The SMILES string of the molecule is Cc1ccc(S(=O)(=O)OC2COCC2(NC(=O)OC(C)(C)C)C(=O)OC(C)(C)C)cc1. The van der Waals surface area contributed by atoms with Crippen molar-refractivity contribution in [3.8, 4) is 0 Å². The van der Waals surface area contributed by atoms with Gasteiger partial charge in [0.05, 0.1) is 18.1 Å². The molecule has 2 atom stereocenters. The van der Waals surface area contributed by atoms with Crippen LogP contribution in [0.5, 0.6) is 0 Å². The quantitative estimate of drug-likeness (QED) is 0.530. The summed E-state index contributed by atoms with van der Waals surface area (Å²) in [5.74, 6) is -0.882. The first-order valence-corrected chi connectivity index (χ1v) is 11.3. The van der Waals surface area contributed by atoms with E-state index in [1.54, 1.807) is 53.7 Å². The molecule has 31 heavy (non-hydrogen) atoms. The summed E-state index contributed by atoms with van der Waals surface area (Å²) in [4.78, 5) is 25.5. The molecular weight excluding hydrogens is 426 g/mol. The molecule has 1 aliphatic heterocycles. The Balaban J connectivity index is 2.39. The smallest absolute Gasteiger partial charge is 0.408 e. The molecule has 0 radical (unpaired) electrons. The topological polar surface area (TPSA) is 117 Å². The number of nitrogens with one attached hydrogen (secondary N) is 1. The van der Waals surface area contributed by atoms with E-state index >= 15 is 0 Å². The third-order valence-electron chi connectivity index (χ3n) is 4.19. The molecule has 1 aromatic carbocycles. The molecule has 1 heterocycles. The Labute approximate surface area is 183 Å². The molecule has 2 rings (SSSR count). The minimum absolute atomic E-state index is 0.0830. The van der Waals surface area contributed by atoms with Crippen LogP contribution in [0.2, 0.25) is 0 Å². The van der Waals surface area contributed by atoms with Crippen LogP contribution in [0.3, 0.4) is 0 Å². The van der Waals surface area contributed by atoms with Crippen LogP contribution in [0.15, 0.2) is 29.2 Å². The number of hydrogen-bond acceptors (Lipinski definition) is 8. The molecule has 1 fully saturated rings. The molecule has 1 N–H and O–H groups in total. The van der Waals surface area contributed by atoms with Crippen molar-refractivity contribution in [2.75, 3.05) is 13.2 Å². The Morgan fingerprint density at radius 2 is 1.58 bits per heavy atom. The van der Waals surface area contributed by atoms with Crippen LogP contribution in [-0.2, 0) is 33.3 Å². The summed E-state index contributed by atoms with van der Waals surface area (Å²) in [6.45, 7) is 11.2. The van der Waals surface area contributed by atoms with Crippen molar-refractivity contribution in [2.24, 2.45) is 0 Å². The van der Waals surface area contributed by atoms with E-state index in [2.05, 4.69) is 5.32 Å². The number of hydrogen-bond donors (Lipinski definition) is 1. The average Bonchev–Trinajstić information content (AvgIpc) is 2.94. The Morgan fingerprint density at radius 3 is 2.10 bits per heavy atom. The molecule has 0 bridgehead atoms. The Hall–Kier alpha value is -2.17. The number of carbonyl (C=O) groups is 2. The third kappa shape index (κ3) is 6.65. The van der Waals surface area contributed by atoms with Gasteiger partial charge in [-0.2, -0.15) is 8.42 Å². The maximum atomic E-state index is 13.1. The van der Waals surface area contributed by atoms with E-state index in [0.29, 0.717) is 0 Å². The average molecular weight is 458 g/mol. The lowest BCUT2D eigenvalue weighted by Gasteiger charge is -2.34. The molecule has 1 saturated heterocycles. The molecule has 0 aromatic heterocycles. The van der Waals surface area contributed by atoms with Crippen LogP contribution in [0.1, 0.15) is 47.1 Å². The van der Waals surface area contributed by atoms with Crippen molar-refractivity contribution in [1.82, 2.24) is 5.32 Å². The summed E-state index contributed by atoms with van der Waals surface area (Å²) in [6.07, 6.45) is -2.29. The van der Waals surface area contributed by atoms with E-state index in [4.69, 9.17) is 18.4 Å². The van der Waals surface area contributed by atoms with Gasteiger partial charge >= 0.3 is 12.1 Å². The van der Waals surface area contributed by atoms with E-state index in [1.807, 2.05) is 6.92 Å². The maximum Gasteiger partial charge on any atom is 0.408 e. The number of carbonyl (C=O) groups excluding carboxylic acids is 2. The molecule has 0 aliphatic carbocycles. The van der Waals surface area contributed by atoms with Crippen LogP contribution in [0.25, 0.3) is 0 Å². The van der Waals surface area contributed by atoms with Crippen LogP contribution >= 0.6 is 0 Å². The van der Waals surface area contributed by atoms with Crippen LogP contribution in [0, 0.1) is 6.92 Å². The second-order valence-electron chi connectivity index (χ2n) is 9.47. The minimum atomic E-state index is -4.26. The van der Waals surface area contributed by atoms with Gasteiger partial charge in [-0.25, -0.2) is 9.59 Å². The first-order chi connectivity index (χ1) is 14.0. The highest BCUT2D eigenvalue weighted by Gasteiger charge is 2.57. The zero-order valence-corrected chi connectivity index (χ0v) is 19.8. The third-order valence-corrected chi connectivity index (χ3v) is 5.52. The van der Waals surface area contributed by atoms with Gasteiger partial charge in [0.25, 0.3) is 10.1 Å². The summed E-state index contributed by atoms with van der Waals surface area (Å²) >= 11 is 0. The molecule has 0 spiro atoms. The summed E-state index contributed by atoms with van der Waals surface area (Å²) in [6, 6.07) is 6.05. The molecule has 1 aromatic rings. The van der Waals surface area contributed by atoms with Gasteiger partial charge in [0.1, 0.15) is 17.3 Å². The summed E-state index contributed by atoms with van der Waals surface area (Å²) < 4.78 is 47.2. The van der Waals surface area contributed by atoms with Gasteiger partial charge in [-0.1, -0.05) is 17.7 Å². The van der Waals surface area contributed by atoms with Gasteiger partial charge in [0.2, 0.25) is 0 Å². The van der Waals surface area contributed by atoms with E-state index in [0.717, 1.165) is 5.56 Å². The predicted molar refractivity (Wildman–Crippen MR) is 112 cm³/mol. The maximum absolute atomic E-state index is 13.1. The van der Waals surface area contributed by atoms with E-state index in [1.165, 1.54) is 12.1 Å². The second-order valence-corrected chi connectivity index (χ2v) is 11.0. The van der Waals surface area contributed by atoms with Crippen LogP contribution < -0.4 is 5.32 Å². The van der Waals surface area contributed by atoms with Crippen molar-refractivity contribution in [2.45, 2.75) is 76.2 Å². The van der Waals surface area contributed by atoms with Gasteiger partial charge < -0.3 is 19.5 Å². The molecule has 0 saturated carbocycles. The van der Waals surface area contributed by atoms with E-state index in [9.17, 15) is 18.0 Å². The van der Waals surface area contributed by atoms with Crippen molar-refractivity contribution in [3.05, 3.63) is 29.8 Å². The number of benzene rings is 1. The first kappa shape index (κ1) is 25.1. The zero-order valence-electron chi connectivity index (χ0n) is 19.0. The second kappa shape index (κ2) is 8.76. The van der Waals surface area contributed by atoms with Gasteiger partial charge in [-0.05, 0) is 60.6 Å². The number of aryl methyl sites for hydroxylation is 1. The lowest BCUT2D eigenvalue weighted by molar-refractivity contribution is -0.166. The number of rotatable bonds is 5. The molecule has 1 aliphatic rings. The summed E-state index contributed by atoms with van der Waals surface area (Å²) in [5, 5.41) is 2.45. The highest BCUT2D eigenvalue weighted by Crippen LogP contribution is 2.30. The Bertz CT molecular complexity index is 912. The number of alkyl carbamates (subject to hydrolysis) is 1. The normalized spacial score (nSPS) is 22.1. The zero-order chi connectivity index (χ0) is 23.7. The lowest BCUT2D eigenvalue weighted by Crippen LogP contribution is -2.64. The first-order valence-electron chi connectivity index (χ1n) is 9.86. The van der Waals surface area contributed by atoms with Crippen LogP contribution in [0.4, 0.5) is 4.79 Å². The fraction of sp³-hybridized carbons (Fsp3) is 0.619. The van der Waals surface area contributed by atoms with Crippen molar-refractivity contribution in [1.29, 1.82) is 0 Å². The highest BCUT2D eigenvalue weighted by atomic mass is 32.2. The standard InChI is InChI=1S/C21H31NO8S/c1-14-8-10-15(11-9-14)31(25,26)30-16-12-27-13-21(16,17(23)28-19(2,3)4)22-18(24)29-20(5,6)7/h8-11,16H,12-13H2,1-7H3,(H,22,24). The van der Waals surface area contributed by atoms with E-state index < -0.39 is 45.0 Å². The van der Waals surface area contributed by atoms with Crippen molar-refractivity contribution >= 4 is 22.2 Å². The molecule has 10 heteroatoms. The molecule has 1 amide bonds. The molecule has 9 nitrogen and oxygen atoms in total. The lowest BCUT2D eigenvalue weighted by atomic mass is 9.95. The fourth-order valence-corrected chi connectivity index (χ4v) is 3.90. The largest absolute Gasteiger partial charge is 0.458 e. The molecule has 174 valence electrons. The summed E-state index contributed by atoms with van der Waals surface area (Å²) in [7, 11) is -4.26. The Morgan fingerprint density at radius 1 is 1.03 bits per heavy atom. The monoisotopic (exact) mass is 457 g/mol. The minimum Gasteiger partial charge on any atom is -0.458 e. The number of esters is 1. The predicted octanol–water partition coefficient (Wildman–Crippen LogP) is 2.70. The number of ether oxygens (including phenoxy) is 3. The van der Waals surface area contributed by atoms with Crippen molar-refractivity contribution < 1.29 is 36.4 Å².